The number of imide groups is 2. The third-order valence-corrected chi connectivity index (χ3v) is 4.73. The molecule has 0 aromatic heterocycles. The van der Waals surface area contributed by atoms with Gasteiger partial charge in [-0.15, -0.1) is 0 Å². The zero-order chi connectivity index (χ0) is 11.9. The predicted molar refractivity (Wildman–Crippen MR) is 62.3 cm³/mol. The van der Waals surface area contributed by atoms with E-state index >= 15 is 0 Å². The lowest BCUT2D eigenvalue weighted by Crippen LogP contribution is -2.51. The molecule has 0 aromatic carbocycles. The summed E-state index contributed by atoms with van der Waals surface area (Å²) in [5, 5.41) is 4.11. The van der Waals surface area contributed by atoms with Crippen LogP contribution in [0.5, 0.6) is 0 Å². The van der Waals surface area contributed by atoms with Gasteiger partial charge in [0.2, 0.25) is 0 Å². The summed E-state index contributed by atoms with van der Waals surface area (Å²) in [5.41, 5.74) is 0.0193. The molecule has 2 aliphatic heterocycles. The van der Waals surface area contributed by atoms with Crippen molar-refractivity contribution in [2.75, 3.05) is 0 Å². The van der Waals surface area contributed by atoms with Gasteiger partial charge < -0.3 is 0 Å². The van der Waals surface area contributed by atoms with Gasteiger partial charge in [-0.2, -0.15) is 0 Å². The monoisotopic (exact) mass is 256 g/mol. The third-order valence-electron chi connectivity index (χ3n) is 2.10. The van der Waals surface area contributed by atoms with Gasteiger partial charge in [-0.25, -0.2) is 4.79 Å². The van der Waals surface area contributed by atoms with Crippen LogP contribution in [0.3, 0.4) is 0 Å². The SMILES string of the molecule is CC1=C(C)SC(=C2C(=O)NC(=O)NC2=O)S1. The van der Waals surface area contributed by atoms with E-state index in [1.807, 2.05) is 13.8 Å². The quantitative estimate of drug-likeness (QED) is 0.504. The molecule has 0 radical (unpaired) electrons. The first-order chi connectivity index (χ1) is 7.49. The average molecular weight is 256 g/mol. The highest BCUT2D eigenvalue weighted by molar-refractivity contribution is 8.28. The molecule has 0 saturated carbocycles. The molecule has 5 nitrogen and oxygen atoms in total. The van der Waals surface area contributed by atoms with E-state index in [2.05, 4.69) is 10.6 Å². The summed E-state index contributed by atoms with van der Waals surface area (Å²) >= 11 is 2.76. The molecule has 0 aliphatic carbocycles. The van der Waals surface area contributed by atoms with Crippen LogP contribution in [0.25, 0.3) is 0 Å². The van der Waals surface area contributed by atoms with Crippen molar-refractivity contribution in [2.45, 2.75) is 13.8 Å². The fourth-order valence-corrected chi connectivity index (χ4v) is 3.78. The van der Waals surface area contributed by atoms with Gasteiger partial charge in [0.25, 0.3) is 11.8 Å². The number of barbiturate groups is 1. The highest BCUT2D eigenvalue weighted by Gasteiger charge is 2.33. The van der Waals surface area contributed by atoms with Crippen molar-refractivity contribution >= 4 is 41.4 Å². The first kappa shape index (κ1) is 11.3. The van der Waals surface area contributed by atoms with Gasteiger partial charge in [-0.3, -0.25) is 20.2 Å². The number of hydrogen-bond donors (Lipinski definition) is 2. The molecule has 2 N–H and O–H groups in total. The van der Waals surface area contributed by atoms with Gasteiger partial charge in [0.05, 0.1) is 4.24 Å². The number of urea groups is 1. The van der Waals surface area contributed by atoms with Gasteiger partial charge in [0, 0.05) is 0 Å². The maximum atomic E-state index is 11.5. The summed E-state index contributed by atoms with van der Waals surface area (Å²) in [4.78, 5) is 36.0. The Morgan fingerprint density at radius 3 is 1.75 bits per heavy atom. The minimum atomic E-state index is -0.770. The number of carbonyl (C=O) groups excluding carboxylic acids is 3. The summed E-state index contributed by atoms with van der Waals surface area (Å²) in [6.07, 6.45) is 0. The fraction of sp³-hybridized carbons (Fsp3) is 0.222. The number of carbonyl (C=O) groups is 3. The van der Waals surface area contributed by atoms with Gasteiger partial charge in [0.15, 0.2) is 0 Å². The van der Waals surface area contributed by atoms with E-state index in [4.69, 9.17) is 0 Å². The number of thioether (sulfide) groups is 2. The summed E-state index contributed by atoms with van der Waals surface area (Å²) in [6, 6.07) is -0.770. The van der Waals surface area contributed by atoms with Crippen LogP contribution in [-0.2, 0) is 9.59 Å². The zero-order valence-corrected chi connectivity index (χ0v) is 10.2. The molecule has 0 bridgehead atoms. The molecular weight excluding hydrogens is 248 g/mol. The molecule has 2 aliphatic rings. The van der Waals surface area contributed by atoms with Gasteiger partial charge >= 0.3 is 6.03 Å². The van der Waals surface area contributed by atoms with Crippen LogP contribution < -0.4 is 10.6 Å². The maximum absolute atomic E-state index is 11.5. The molecule has 4 amide bonds. The topological polar surface area (TPSA) is 75.3 Å². The predicted octanol–water partition coefficient (Wildman–Crippen LogP) is 1.30. The molecule has 1 fully saturated rings. The number of nitrogens with one attached hydrogen (secondary N) is 2. The molecular formula is C9H8N2O3S2. The molecule has 2 heterocycles. The van der Waals surface area contributed by atoms with Crippen LogP contribution >= 0.6 is 23.5 Å². The van der Waals surface area contributed by atoms with Crippen molar-refractivity contribution < 1.29 is 14.4 Å². The Morgan fingerprint density at radius 2 is 1.31 bits per heavy atom. The van der Waals surface area contributed by atoms with E-state index in [1.165, 1.54) is 23.5 Å². The van der Waals surface area contributed by atoms with E-state index in [9.17, 15) is 14.4 Å². The minimum absolute atomic E-state index is 0.0193. The third kappa shape index (κ3) is 1.88. The second kappa shape index (κ2) is 3.99. The van der Waals surface area contributed by atoms with Crippen LogP contribution in [0.1, 0.15) is 13.8 Å². The van der Waals surface area contributed by atoms with Crippen molar-refractivity contribution in [3.8, 4) is 0 Å². The van der Waals surface area contributed by atoms with Crippen molar-refractivity contribution in [3.05, 3.63) is 19.6 Å². The Balaban J connectivity index is 2.35. The largest absolute Gasteiger partial charge is 0.328 e. The molecule has 1 saturated heterocycles. The zero-order valence-electron chi connectivity index (χ0n) is 8.54. The number of amides is 4. The maximum Gasteiger partial charge on any atom is 0.328 e. The minimum Gasteiger partial charge on any atom is -0.273 e. The lowest BCUT2D eigenvalue weighted by Gasteiger charge is -2.15. The van der Waals surface area contributed by atoms with Gasteiger partial charge in [-0.05, 0) is 23.7 Å². The second-order valence-corrected chi connectivity index (χ2v) is 5.92. The lowest BCUT2D eigenvalue weighted by molar-refractivity contribution is -0.124. The molecule has 0 atom stereocenters. The lowest BCUT2D eigenvalue weighted by atomic mass is 10.2. The molecule has 16 heavy (non-hydrogen) atoms. The van der Waals surface area contributed by atoms with Crippen LogP contribution in [0.2, 0.25) is 0 Å². The summed E-state index contributed by atoms with van der Waals surface area (Å²) in [5.74, 6) is -1.27. The van der Waals surface area contributed by atoms with Crippen molar-refractivity contribution in [1.82, 2.24) is 10.6 Å². The highest BCUT2D eigenvalue weighted by Crippen LogP contribution is 2.50. The van der Waals surface area contributed by atoms with Crippen LogP contribution in [0.4, 0.5) is 4.79 Å². The Kier molecular flexibility index (Phi) is 2.81. The smallest absolute Gasteiger partial charge is 0.273 e. The van der Waals surface area contributed by atoms with Gasteiger partial charge in [-0.1, -0.05) is 23.5 Å². The van der Waals surface area contributed by atoms with E-state index in [0.29, 0.717) is 4.24 Å². The highest BCUT2D eigenvalue weighted by atomic mass is 32.2. The van der Waals surface area contributed by atoms with E-state index in [1.54, 1.807) is 0 Å². The molecule has 0 unspecified atom stereocenters. The Hall–Kier alpha value is -1.21. The first-order valence-electron chi connectivity index (χ1n) is 4.43. The first-order valence-corrected chi connectivity index (χ1v) is 6.06. The number of rotatable bonds is 0. The van der Waals surface area contributed by atoms with E-state index in [0.717, 1.165) is 9.81 Å². The second-order valence-electron chi connectivity index (χ2n) is 3.22. The van der Waals surface area contributed by atoms with Gasteiger partial charge in [0.1, 0.15) is 5.57 Å². The molecule has 7 heteroatoms. The normalized spacial score (nSPS) is 21.5. The number of hydrogen-bond acceptors (Lipinski definition) is 5. The molecule has 84 valence electrons. The van der Waals surface area contributed by atoms with Crippen LogP contribution in [-0.4, -0.2) is 17.8 Å². The summed E-state index contributed by atoms with van der Waals surface area (Å²) in [6.45, 7) is 3.84. The summed E-state index contributed by atoms with van der Waals surface area (Å²) < 4.78 is 0.623. The average Bonchev–Trinajstić information content (AvgIpc) is 2.44. The van der Waals surface area contributed by atoms with Crippen molar-refractivity contribution in [2.24, 2.45) is 0 Å². The Labute approximate surface area is 100 Å². The number of allylic oxidation sites excluding steroid dienone is 2. The fourth-order valence-electron chi connectivity index (χ4n) is 1.20. The van der Waals surface area contributed by atoms with Crippen molar-refractivity contribution in [3.63, 3.8) is 0 Å². The standard InChI is InChI=1S/C9H8N2O3S2/c1-3-4(2)16-8(15-3)5-6(12)10-9(14)11-7(5)13/h1-2H3,(H2,10,11,12,13,14). The molecule has 0 aromatic rings. The summed E-state index contributed by atoms with van der Waals surface area (Å²) in [7, 11) is 0. The Morgan fingerprint density at radius 1 is 0.875 bits per heavy atom. The van der Waals surface area contributed by atoms with Crippen molar-refractivity contribution in [1.29, 1.82) is 0 Å². The van der Waals surface area contributed by atoms with E-state index in [-0.39, 0.29) is 5.57 Å². The van der Waals surface area contributed by atoms with E-state index < -0.39 is 17.8 Å². The van der Waals surface area contributed by atoms with Crippen LogP contribution in [0.15, 0.2) is 19.6 Å². The van der Waals surface area contributed by atoms with Crippen LogP contribution in [0, 0.1) is 0 Å². The Bertz CT molecular complexity index is 441. The molecule has 2 rings (SSSR count). The molecule has 0 spiro atoms.